The number of rotatable bonds is 7. The Hall–Kier alpha value is 0.167. The summed E-state index contributed by atoms with van der Waals surface area (Å²) >= 11 is 3.33. The Morgan fingerprint density at radius 1 is 1.29 bits per heavy atom. The number of unbranched alkanes of at least 4 members (excludes halogenated alkanes) is 1. The molecule has 0 aliphatic carbocycles. The lowest BCUT2D eigenvalue weighted by molar-refractivity contribution is -0.143. The van der Waals surface area contributed by atoms with Crippen molar-refractivity contribution in [1.82, 2.24) is 0 Å². The van der Waals surface area contributed by atoms with Crippen LogP contribution in [0.5, 0.6) is 0 Å². The third kappa shape index (κ3) is 10.2. The highest BCUT2D eigenvalue weighted by atomic mass is 79.9. The smallest absolute Gasteiger partial charge is 0.305 e. The number of carbonyl (C=O) groups is 1. The van der Waals surface area contributed by atoms with E-state index in [1.165, 1.54) is 0 Å². The summed E-state index contributed by atoms with van der Waals surface area (Å²) in [5.41, 5.74) is 0. The molecule has 0 aliphatic heterocycles. The van der Waals surface area contributed by atoms with Crippen LogP contribution in [0, 0.1) is 0 Å². The van der Waals surface area contributed by atoms with E-state index in [0.717, 1.165) is 24.2 Å². The maximum absolute atomic E-state index is 11.2. The summed E-state index contributed by atoms with van der Waals surface area (Å²) in [6.07, 6.45) is 2.54. The highest BCUT2D eigenvalue weighted by Gasteiger charge is 2.13. The monoisotopic (exact) mass is 280 g/mol. The summed E-state index contributed by atoms with van der Waals surface area (Å²) in [6, 6.07) is 1.07. The average molecular weight is 281 g/mol. The first-order valence-electron chi connectivity index (χ1n) is 5.17. The topological polar surface area (TPSA) is 26.3 Å². The van der Waals surface area contributed by atoms with Gasteiger partial charge in [0.05, 0.1) is 6.61 Å². The number of esters is 1. The van der Waals surface area contributed by atoms with Gasteiger partial charge in [-0.3, -0.25) is 4.79 Å². The van der Waals surface area contributed by atoms with Crippen LogP contribution in [0.15, 0.2) is 0 Å². The number of carbonyl (C=O) groups excluding carboxylic acids is 1. The van der Waals surface area contributed by atoms with Gasteiger partial charge in [-0.1, -0.05) is 35.6 Å². The Morgan fingerprint density at radius 3 is 2.43 bits per heavy atom. The molecule has 0 fully saturated rings. The van der Waals surface area contributed by atoms with Crippen molar-refractivity contribution in [2.24, 2.45) is 0 Å². The Bertz CT molecular complexity index is 166. The fourth-order valence-corrected chi connectivity index (χ4v) is 2.02. The summed E-state index contributed by atoms with van der Waals surface area (Å²) < 4.78 is 5.15. The zero-order chi connectivity index (χ0) is 11.0. The molecule has 84 valence electrons. The molecule has 0 radical (unpaired) electrons. The van der Waals surface area contributed by atoms with E-state index in [0.29, 0.717) is 13.0 Å². The molecule has 0 heterocycles. The lowest BCUT2D eigenvalue weighted by atomic mass is 10.2. The molecule has 0 atom stereocenters. The van der Waals surface area contributed by atoms with E-state index < -0.39 is 8.07 Å². The Labute approximate surface area is 96.5 Å². The minimum atomic E-state index is -1.05. The SMILES string of the molecule is C[Si](C)(C)CCOC(=O)CCCCBr. The molecule has 0 aromatic heterocycles. The van der Waals surface area contributed by atoms with Crippen LogP contribution in [0.25, 0.3) is 0 Å². The average Bonchev–Trinajstić information content (AvgIpc) is 2.02. The second-order valence-corrected chi connectivity index (χ2v) is 11.1. The van der Waals surface area contributed by atoms with Crippen molar-refractivity contribution in [3.8, 4) is 0 Å². The minimum Gasteiger partial charge on any atom is -0.466 e. The molecule has 0 bridgehead atoms. The van der Waals surface area contributed by atoms with Gasteiger partial charge in [-0.05, 0) is 18.9 Å². The van der Waals surface area contributed by atoms with E-state index in [2.05, 4.69) is 35.6 Å². The van der Waals surface area contributed by atoms with Gasteiger partial charge in [-0.15, -0.1) is 0 Å². The number of alkyl halides is 1. The van der Waals surface area contributed by atoms with Crippen LogP contribution in [0.1, 0.15) is 19.3 Å². The van der Waals surface area contributed by atoms with E-state index in [-0.39, 0.29) is 5.97 Å². The van der Waals surface area contributed by atoms with E-state index in [1.807, 2.05) is 0 Å². The van der Waals surface area contributed by atoms with E-state index in [4.69, 9.17) is 4.74 Å². The van der Waals surface area contributed by atoms with E-state index in [1.54, 1.807) is 0 Å². The molecule has 0 N–H and O–H groups in total. The summed E-state index contributed by atoms with van der Waals surface area (Å²) in [5.74, 6) is -0.0378. The molecule has 0 rings (SSSR count). The van der Waals surface area contributed by atoms with Crippen LogP contribution in [0.3, 0.4) is 0 Å². The molecule has 2 nitrogen and oxygen atoms in total. The number of hydrogen-bond acceptors (Lipinski definition) is 2. The van der Waals surface area contributed by atoms with Gasteiger partial charge < -0.3 is 4.74 Å². The van der Waals surface area contributed by atoms with Crippen LogP contribution in [0.2, 0.25) is 25.7 Å². The quantitative estimate of drug-likeness (QED) is 0.309. The highest BCUT2D eigenvalue weighted by molar-refractivity contribution is 9.09. The summed E-state index contributed by atoms with van der Waals surface area (Å²) in [7, 11) is -1.05. The first-order valence-corrected chi connectivity index (χ1v) is 10.00. The fraction of sp³-hybridized carbons (Fsp3) is 0.900. The minimum absolute atomic E-state index is 0.0378. The largest absolute Gasteiger partial charge is 0.466 e. The van der Waals surface area contributed by atoms with Gasteiger partial charge in [0.1, 0.15) is 0 Å². The van der Waals surface area contributed by atoms with Crippen LogP contribution >= 0.6 is 15.9 Å². The van der Waals surface area contributed by atoms with Gasteiger partial charge in [0, 0.05) is 19.8 Å². The molecule has 0 saturated heterocycles. The number of hydrogen-bond donors (Lipinski definition) is 0. The predicted octanol–water partition coefficient (Wildman–Crippen LogP) is 3.43. The maximum Gasteiger partial charge on any atom is 0.305 e. The Morgan fingerprint density at radius 2 is 1.93 bits per heavy atom. The Kier molecular flexibility index (Phi) is 7.55. The second-order valence-electron chi connectivity index (χ2n) is 4.68. The predicted molar refractivity (Wildman–Crippen MR) is 66.8 cm³/mol. The number of halogens is 1. The van der Waals surface area contributed by atoms with Crippen molar-refractivity contribution >= 4 is 30.0 Å². The molecule has 0 saturated carbocycles. The molecule has 4 heteroatoms. The standard InChI is InChI=1S/C10H21BrO2Si/c1-14(2,3)9-8-13-10(12)6-4-5-7-11/h4-9H2,1-3H3. The lowest BCUT2D eigenvalue weighted by Crippen LogP contribution is -2.22. The van der Waals surface area contributed by atoms with Crippen LogP contribution in [-0.2, 0) is 9.53 Å². The van der Waals surface area contributed by atoms with Crippen molar-refractivity contribution in [2.75, 3.05) is 11.9 Å². The summed E-state index contributed by atoms with van der Waals surface area (Å²) in [4.78, 5) is 11.2. The first-order chi connectivity index (χ1) is 6.45. The van der Waals surface area contributed by atoms with Gasteiger partial charge in [-0.25, -0.2) is 0 Å². The van der Waals surface area contributed by atoms with Gasteiger partial charge >= 0.3 is 5.97 Å². The summed E-state index contributed by atoms with van der Waals surface area (Å²) in [5, 5.41) is 0.967. The zero-order valence-electron chi connectivity index (χ0n) is 9.44. The van der Waals surface area contributed by atoms with Gasteiger partial charge in [0.25, 0.3) is 0 Å². The molecule has 0 aromatic rings. The molecular formula is C10H21BrO2Si. The zero-order valence-corrected chi connectivity index (χ0v) is 12.0. The van der Waals surface area contributed by atoms with Crippen molar-refractivity contribution < 1.29 is 9.53 Å². The fourth-order valence-electron chi connectivity index (χ4n) is 0.907. The van der Waals surface area contributed by atoms with E-state index in [9.17, 15) is 4.79 Å². The molecule has 0 aromatic carbocycles. The van der Waals surface area contributed by atoms with Gasteiger partial charge in [0.15, 0.2) is 0 Å². The van der Waals surface area contributed by atoms with Crippen LogP contribution in [-0.4, -0.2) is 26.0 Å². The molecule has 0 unspecified atom stereocenters. The highest BCUT2D eigenvalue weighted by Crippen LogP contribution is 2.08. The van der Waals surface area contributed by atoms with Crippen molar-refractivity contribution in [3.63, 3.8) is 0 Å². The van der Waals surface area contributed by atoms with E-state index >= 15 is 0 Å². The Balaban J connectivity index is 3.36. The third-order valence-corrected chi connectivity index (χ3v) is 4.14. The third-order valence-electron chi connectivity index (χ3n) is 1.88. The first kappa shape index (κ1) is 14.2. The number of ether oxygens (including phenoxy) is 1. The normalized spacial score (nSPS) is 11.4. The van der Waals surface area contributed by atoms with Crippen LogP contribution < -0.4 is 0 Å². The van der Waals surface area contributed by atoms with Crippen LogP contribution in [0.4, 0.5) is 0 Å². The molecule has 14 heavy (non-hydrogen) atoms. The second kappa shape index (κ2) is 7.46. The molecule has 0 spiro atoms. The van der Waals surface area contributed by atoms with Crippen molar-refractivity contribution in [2.45, 2.75) is 44.9 Å². The van der Waals surface area contributed by atoms with Crippen molar-refractivity contribution in [3.05, 3.63) is 0 Å². The molecule has 0 aliphatic rings. The maximum atomic E-state index is 11.2. The lowest BCUT2D eigenvalue weighted by Gasteiger charge is -2.15. The molecule has 0 amide bonds. The molecular weight excluding hydrogens is 260 g/mol. The summed E-state index contributed by atoms with van der Waals surface area (Å²) in [6.45, 7) is 7.46. The van der Waals surface area contributed by atoms with Gasteiger partial charge in [-0.2, -0.15) is 0 Å². The van der Waals surface area contributed by atoms with Gasteiger partial charge in [0.2, 0.25) is 0 Å². The van der Waals surface area contributed by atoms with Crippen molar-refractivity contribution in [1.29, 1.82) is 0 Å².